The molecule has 0 saturated carbocycles. The van der Waals surface area contributed by atoms with Crippen LogP contribution in [0.4, 0.5) is 17.3 Å². The Morgan fingerprint density at radius 3 is 2.63 bits per heavy atom. The van der Waals surface area contributed by atoms with Crippen molar-refractivity contribution < 1.29 is 0 Å². The van der Waals surface area contributed by atoms with E-state index in [1.807, 2.05) is 6.07 Å². The molecule has 2 heterocycles. The van der Waals surface area contributed by atoms with Crippen molar-refractivity contribution in [2.24, 2.45) is 5.41 Å². The summed E-state index contributed by atoms with van der Waals surface area (Å²) in [6, 6.07) is 4.04. The van der Waals surface area contributed by atoms with Gasteiger partial charge in [-0.1, -0.05) is 20.8 Å². The number of anilines is 3. The Kier molecular flexibility index (Phi) is 4.14. The number of rotatable bonds is 3. The van der Waals surface area contributed by atoms with E-state index in [1.165, 1.54) is 0 Å². The molecule has 106 valence electrons. The highest BCUT2D eigenvalue weighted by Crippen LogP contribution is 2.22. The van der Waals surface area contributed by atoms with Gasteiger partial charge in [-0.15, -0.1) is 0 Å². The molecule has 0 spiro atoms. The van der Waals surface area contributed by atoms with Gasteiger partial charge < -0.3 is 21.3 Å². The molecule has 0 radical (unpaired) electrons. The zero-order chi connectivity index (χ0) is 13.9. The molecule has 2 rings (SSSR count). The van der Waals surface area contributed by atoms with E-state index >= 15 is 0 Å². The number of hydrogen-bond acceptors (Lipinski definition) is 5. The Morgan fingerprint density at radius 1 is 1.32 bits per heavy atom. The third-order valence-electron chi connectivity index (χ3n) is 3.11. The Balaban J connectivity index is 2.10. The molecule has 5 nitrogen and oxygen atoms in total. The number of nitrogens with zero attached hydrogens (tertiary/aromatic N) is 2. The van der Waals surface area contributed by atoms with Crippen molar-refractivity contribution >= 4 is 17.3 Å². The van der Waals surface area contributed by atoms with Crippen LogP contribution in [0.25, 0.3) is 0 Å². The molecule has 19 heavy (non-hydrogen) atoms. The van der Waals surface area contributed by atoms with E-state index in [0.717, 1.165) is 44.2 Å². The Hall–Kier alpha value is -1.49. The first kappa shape index (κ1) is 13.9. The monoisotopic (exact) mass is 263 g/mol. The lowest BCUT2D eigenvalue weighted by atomic mass is 9.97. The molecule has 1 fully saturated rings. The van der Waals surface area contributed by atoms with Gasteiger partial charge in [-0.25, -0.2) is 4.98 Å². The fraction of sp³-hybridized carbons (Fsp3) is 0.643. The standard InChI is InChI=1S/C14H25N5/c1-14(2,3)10-17-13-9-11(8-12(15)18-13)19-6-4-16-5-7-19/h8-9,16H,4-7,10H2,1-3H3,(H3,15,17,18). The number of pyridine rings is 1. The Bertz CT molecular complexity index is 418. The summed E-state index contributed by atoms with van der Waals surface area (Å²) in [7, 11) is 0. The topological polar surface area (TPSA) is 66.2 Å². The van der Waals surface area contributed by atoms with Crippen LogP contribution in [-0.4, -0.2) is 37.7 Å². The molecule has 5 heteroatoms. The predicted octanol–water partition coefficient (Wildman–Crippen LogP) is 1.53. The van der Waals surface area contributed by atoms with Gasteiger partial charge >= 0.3 is 0 Å². The van der Waals surface area contributed by atoms with Crippen molar-refractivity contribution in [3.8, 4) is 0 Å². The molecule has 1 aromatic heterocycles. The molecule has 1 aromatic rings. The number of aromatic nitrogens is 1. The van der Waals surface area contributed by atoms with Crippen LogP contribution in [0.5, 0.6) is 0 Å². The average Bonchev–Trinajstić information content (AvgIpc) is 2.36. The summed E-state index contributed by atoms with van der Waals surface area (Å²) in [5.41, 5.74) is 7.29. The van der Waals surface area contributed by atoms with Crippen molar-refractivity contribution in [3.05, 3.63) is 12.1 Å². The lowest BCUT2D eigenvalue weighted by Gasteiger charge is -2.30. The van der Waals surface area contributed by atoms with Crippen molar-refractivity contribution in [1.82, 2.24) is 10.3 Å². The second-order valence-corrected chi connectivity index (χ2v) is 6.29. The summed E-state index contributed by atoms with van der Waals surface area (Å²) < 4.78 is 0. The fourth-order valence-corrected chi connectivity index (χ4v) is 2.09. The van der Waals surface area contributed by atoms with E-state index in [-0.39, 0.29) is 5.41 Å². The minimum Gasteiger partial charge on any atom is -0.384 e. The quantitative estimate of drug-likeness (QED) is 0.772. The van der Waals surface area contributed by atoms with Gasteiger partial charge in [0.25, 0.3) is 0 Å². The second kappa shape index (κ2) is 5.65. The van der Waals surface area contributed by atoms with Gasteiger partial charge in [0.05, 0.1) is 0 Å². The SMILES string of the molecule is CC(C)(C)CNc1cc(N2CCNCC2)cc(N)n1. The second-order valence-electron chi connectivity index (χ2n) is 6.29. The molecule has 0 atom stereocenters. The van der Waals surface area contributed by atoms with E-state index in [2.05, 4.69) is 47.4 Å². The zero-order valence-electron chi connectivity index (χ0n) is 12.2. The van der Waals surface area contributed by atoms with E-state index < -0.39 is 0 Å². The van der Waals surface area contributed by atoms with Crippen LogP contribution in [0.2, 0.25) is 0 Å². The summed E-state index contributed by atoms with van der Waals surface area (Å²) in [6.45, 7) is 11.5. The van der Waals surface area contributed by atoms with Crippen LogP contribution in [-0.2, 0) is 0 Å². The van der Waals surface area contributed by atoms with Crippen LogP contribution in [0.15, 0.2) is 12.1 Å². The largest absolute Gasteiger partial charge is 0.384 e. The molecule has 4 N–H and O–H groups in total. The third-order valence-corrected chi connectivity index (χ3v) is 3.11. The molecule has 1 aliphatic rings. The van der Waals surface area contributed by atoms with Crippen LogP contribution < -0.4 is 21.3 Å². The van der Waals surface area contributed by atoms with Gasteiger partial charge in [-0.05, 0) is 5.41 Å². The first-order valence-corrected chi connectivity index (χ1v) is 6.91. The van der Waals surface area contributed by atoms with Crippen LogP contribution in [0.1, 0.15) is 20.8 Å². The highest BCUT2D eigenvalue weighted by molar-refractivity contribution is 5.60. The lowest BCUT2D eigenvalue weighted by molar-refractivity contribution is 0.442. The molecule has 1 aliphatic heterocycles. The highest BCUT2D eigenvalue weighted by atomic mass is 15.2. The number of nitrogens with two attached hydrogens (primary N) is 1. The predicted molar refractivity (Wildman–Crippen MR) is 81.7 cm³/mol. The van der Waals surface area contributed by atoms with Crippen molar-refractivity contribution in [2.75, 3.05) is 48.7 Å². The van der Waals surface area contributed by atoms with Crippen LogP contribution in [0.3, 0.4) is 0 Å². The molecule has 0 unspecified atom stereocenters. The maximum Gasteiger partial charge on any atom is 0.130 e. The van der Waals surface area contributed by atoms with Gasteiger partial charge in [-0.2, -0.15) is 0 Å². The van der Waals surface area contributed by atoms with Crippen LogP contribution >= 0.6 is 0 Å². The number of hydrogen-bond donors (Lipinski definition) is 3. The minimum absolute atomic E-state index is 0.224. The van der Waals surface area contributed by atoms with Gasteiger partial charge in [0, 0.05) is 50.5 Å². The number of nitrogen functional groups attached to an aromatic ring is 1. The van der Waals surface area contributed by atoms with Gasteiger partial charge in [0.15, 0.2) is 0 Å². The highest BCUT2D eigenvalue weighted by Gasteiger charge is 2.14. The van der Waals surface area contributed by atoms with Crippen molar-refractivity contribution in [3.63, 3.8) is 0 Å². The number of piperazine rings is 1. The van der Waals surface area contributed by atoms with E-state index in [4.69, 9.17) is 5.73 Å². The van der Waals surface area contributed by atoms with Crippen molar-refractivity contribution in [2.45, 2.75) is 20.8 Å². The van der Waals surface area contributed by atoms with Gasteiger partial charge in [0.2, 0.25) is 0 Å². The van der Waals surface area contributed by atoms with Gasteiger partial charge in [-0.3, -0.25) is 0 Å². The van der Waals surface area contributed by atoms with Gasteiger partial charge in [0.1, 0.15) is 11.6 Å². The summed E-state index contributed by atoms with van der Waals surface area (Å²) in [4.78, 5) is 6.70. The Labute approximate surface area is 115 Å². The minimum atomic E-state index is 0.224. The molecule has 0 amide bonds. The lowest BCUT2D eigenvalue weighted by Crippen LogP contribution is -2.43. The molecule has 1 saturated heterocycles. The number of nitrogens with one attached hydrogen (secondary N) is 2. The van der Waals surface area contributed by atoms with E-state index in [0.29, 0.717) is 5.82 Å². The summed E-state index contributed by atoms with van der Waals surface area (Å²) in [5.74, 6) is 1.44. The Morgan fingerprint density at radius 2 is 2.00 bits per heavy atom. The van der Waals surface area contributed by atoms with Crippen molar-refractivity contribution in [1.29, 1.82) is 0 Å². The first-order valence-electron chi connectivity index (χ1n) is 6.91. The zero-order valence-corrected chi connectivity index (χ0v) is 12.2. The fourth-order valence-electron chi connectivity index (χ4n) is 2.09. The van der Waals surface area contributed by atoms with E-state index in [1.54, 1.807) is 0 Å². The third kappa shape index (κ3) is 4.28. The summed E-state index contributed by atoms with van der Waals surface area (Å²) >= 11 is 0. The molecule has 0 aromatic carbocycles. The normalized spacial score (nSPS) is 16.5. The average molecular weight is 263 g/mol. The molecular formula is C14H25N5. The smallest absolute Gasteiger partial charge is 0.130 e. The molecular weight excluding hydrogens is 238 g/mol. The maximum absolute atomic E-state index is 5.91. The molecule has 0 bridgehead atoms. The summed E-state index contributed by atoms with van der Waals surface area (Å²) in [6.07, 6.45) is 0. The van der Waals surface area contributed by atoms with Crippen LogP contribution in [0, 0.1) is 5.41 Å². The molecule has 0 aliphatic carbocycles. The summed E-state index contributed by atoms with van der Waals surface area (Å²) in [5, 5.41) is 6.73. The maximum atomic E-state index is 5.91. The first-order chi connectivity index (χ1) is 8.94. The van der Waals surface area contributed by atoms with E-state index in [9.17, 15) is 0 Å².